The van der Waals surface area contributed by atoms with Gasteiger partial charge >= 0.3 is 0 Å². The molecule has 170 valence electrons. The molecule has 1 aliphatic rings. The molecule has 0 saturated heterocycles. The average molecular weight is 488 g/mol. The molecule has 0 aliphatic heterocycles. The van der Waals surface area contributed by atoms with Crippen molar-refractivity contribution in [2.45, 2.75) is 38.1 Å². The Morgan fingerprint density at radius 1 is 1.27 bits per heavy atom. The standard InChI is InChI=1S/C20H19Cl2N9O2/c1-20(2)7-11(12-9-23-15-6-14(22)27-31(15)17(12)20)19(33)25-10-5-13(21)16(24-8-10)18-26-28-29-30(18)3-4-32/h5-6,8-9,11,32H,3-4,7H2,1-2H3,(H,25,33). The molecular weight excluding hydrogens is 469 g/mol. The lowest BCUT2D eigenvalue weighted by Crippen LogP contribution is -2.21. The van der Waals surface area contributed by atoms with E-state index < -0.39 is 5.92 Å². The van der Waals surface area contributed by atoms with E-state index in [2.05, 4.69) is 49.8 Å². The maximum atomic E-state index is 13.2. The molecule has 0 aromatic carbocycles. The van der Waals surface area contributed by atoms with E-state index in [9.17, 15) is 4.79 Å². The first kappa shape index (κ1) is 21.7. The summed E-state index contributed by atoms with van der Waals surface area (Å²) in [6.07, 6.45) is 3.80. The highest BCUT2D eigenvalue weighted by atomic mass is 35.5. The zero-order valence-corrected chi connectivity index (χ0v) is 19.2. The lowest BCUT2D eigenvalue weighted by molar-refractivity contribution is -0.117. The van der Waals surface area contributed by atoms with Crippen molar-refractivity contribution in [2.75, 3.05) is 11.9 Å². The lowest BCUT2D eigenvalue weighted by Gasteiger charge is -2.19. The Balaban J connectivity index is 1.42. The number of halogens is 2. The van der Waals surface area contributed by atoms with Gasteiger partial charge in [-0.1, -0.05) is 37.0 Å². The molecule has 1 aliphatic carbocycles. The Hall–Kier alpha value is -3.15. The van der Waals surface area contributed by atoms with E-state index in [1.807, 2.05) is 0 Å². The maximum absolute atomic E-state index is 13.2. The fraction of sp³-hybridized carbons (Fsp3) is 0.350. The van der Waals surface area contributed by atoms with Gasteiger partial charge in [-0.2, -0.15) is 5.10 Å². The summed E-state index contributed by atoms with van der Waals surface area (Å²) < 4.78 is 3.12. The van der Waals surface area contributed by atoms with Crippen molar-refractivity contribution in [3.05, 3.63) is 46.0 Å². The molecule has 0 bridgehead atoms. The number of nitrogens with zero attached hydrogens (tertiary/aromatic N) is 8. The van der Waals surface area contributed by atoms with Crippen LogP contribution < -0.4 is 5.32 Å². The van der Waals surface area contributed by atoms with Gasteiger partial charge in [-0.15, -0.1) is 5.10 Å². The number of aliphatic hydroxyl groups is 1. The van der Waals surface area contributed by atoms with Gasteiger partial charge in [0.05, 0.1) is 41.7 Å². The van der Waals surface area contributed by atoms with Crippen molar-refractivity contribution in [1.82, 2.24) is 39.8 Å². The number of hydrogen-bond acceptors (Lipinski definition) is 8. The number of tetrazole rings is 1. The lowest BCUT2D eigenvalue weighted by atomic mass is 9.88. The van der Waals surface area contributed by atoms with Gasteiger partial charge in [0.2, 0.25) is 11.7 Å². The van der Waals surface area contributed by atoms with E-state index in [1.165, 1.54) is 10.9 Å². The van der Waals surface area contributed by atoms with E-state index in [1.54, 1.807) is 22.8 Å². The summed E-state index contributed by atoms with van der Waals surface area (Å²) in [5.74, 6) is -0.298. The van der Waals surface area contributed by atoms with Crippen molar-refractivity contribution in [3.8, 4) is 11.5 Å². The summed E-state index contributed by atoms with van der Waals surface area (Å²) in [5.41, 5.74) is 2.85. The molecule has 11 nitrogen and oxygen atoms in total. The molecule has 0 saturated carbocycles. The van der Waals surface area contributed by atoms with Crippen LogP contribution in [0.2, 0.25) is 10.2 Å². The van der Waals surface area contributed by atoms with E-state index in [0.717, 1.165) is 11.3 Å². The Morgan fingerprint density at radius 3 is 2.85 bits per heavy atom. The third-order valence-corrected chi connectivity index (χ3v) is 6.17. The predicted molar refractivity (Wildman–Crippen MR) is 120 cm³/mol. The number of pyridine rings is 1. The van der Waals surface area contributed by atoms with Crippen LogP contribution in [-0.4, -0.2) is 57.4 Å². The second-order valence-corrected chi connectivity index (χ2v) is 9.23. The molecule has 4 aromatic rings. The summed E-state index contributed by atoms with van der Waals surface area (Å²) in [4.78, 5) is 22.0. The van der Waals surface area contributed by atoms with Crippen LogP contribution >= 0.6 is 23.2 Å². The average Bonchev–Trinajstić information content (AvgIpc) is 3.43. The monoisotopic (exact) mass is 487 g/mol. The van der Waals surface area contributed by atoms with Gasteiger partial charge in [0.1, 0.15) is 5.69 Å². The Bertz CT molecular complexity index is 1380. The fourth-order valence-corrected chi connectivity index (χ4v) is 4.75. The number of rotatable bonds is 5. The summed E-state index contributed by atoms with van der Waals surface area (Å²) in [6, 6.07) is 3.28. The summed E-state index contributed by atoms with van der Waals surface area (Å²) in [5, 5.41) is 28.4. The van der Waals surface area contributed by atoms with Crippen LogP contribution in [0.4, 0.5) is 5.69 Å². The SMILES string of the molecule is CC1(C)CC(C(=O)Nc2cnc(-c3nnnn3CCO)c(Cl)c2)c2cnc3cc(Cl)nn3c21. The number of carbonyl (C=O) groups excluding carboxylic acids is 1. The summed E-state index contributed by atoms with van der Waals surface area (Å²) >= 11 is 12.5. The fourth-order valence-electron chi connectivity index (χ4n) is 4.32. The Kier molecular flexibility index (Phi) is 5.26. The minimum absolute atomic E-state index is 0.130. The first-order valence-electron chi connectivity index (χ1n) is 10.2. The van der Waals surface area contributed by atoms with E-state index >= 15 is 0 Å². The van der Waals surface area contributed by atoms with Crippen molar-refractivity contribution >= 4 is 40.4 Å². The highest BCUT2D eigenvalue weighted by molar-refractivity contribution is 6.33. The van der Waals surface area contributed by atoms with Crippen molar-refractivity contribution < 1.29 is 9.90 Å². The van der Waals surface area contributed by atoms with Crippen LogP contribution in [0.25, 0.3) is 17.2 Å². The number of fused-ring (bicyclic) bond motifs is 3. The molecule has 1 amide bonds. The molecule has 4 heterocycles. The predicted octanol–water partition coefficient (Wildman–Crippen LogP) is 2.48. The van der Waals surface area contributed by atoms with Gasteiger partial charge in [0.25, 0.3) is 0 Å². The molecule has 1 unspecified atom stereocenters. The molecular formula is C20H19Cl2N9O2. The van der Waals surface area contributed by atoms with Gasteiger partial charge < -0.3 is 10.4 Å². The maximum Gasteiger partial charge on any atom is 0.232 e. The molecule has 5 rings (SSSR count). The van der Waals surface area contributed by atoms with Crippen molar-refractivity contribution in [1.29, 1.82) is 0 Å². The topological polar surface area (TPSA) is 136 Å². The third kappa shape index (κ3) is 3.71. The highest BCUT2D eigenvalue weighted by Gasteiger charge is 2.43. The van der Waals surface area contributed by atoms with Gasteiger partial charge in [0, 0.05) is 23.2 Å². The number of anilines is 1. The van der Waals surface area contributed by atoms with Crippen molar-refractivity contribution in [3.63, 3.8) is 0 Å². The van der Waals surface area contributed by atoms with Crippen LogP contribution in [0.1, 0.15) is 37.4 Å². The molecule has 0 radical (unpaired) electrons. The smallest absolute Gasteiger partial charge is 0.232 e. The quantitative estimate of drug-likeness (QED) is 0.437. The van der Waals surface area contributed by atoms with E-state index in [4.69, 9.17) is 28.3 Å². The molecule has 2 N–H and O–H groups in total. The first-order valence-corrected chi connectivity index (χ1v) is 10.9. The number of amides is 1. The molecule has 4 aromatic heterocycles. The molecule has 13 heteroatoms. The van der Waals surface area contributed by atoms with Gasteiger partial charge in [-0.05, 0) is 22.9 Å². The molecule has 0 spiro atoms. The van der Waals surface area contributed by atoms with Gasteiger partial charge in [0.15, 0.2) is 10.8 Å². The molecule has 1 atom stereocenters. The minimum Gasteiger partial charge on any atom is -0.394 e. The number of hydrogen-bond donors (Lipinski definition) is 2. The number of aromatic nitrogens is 8. The highest BCUT2D eigenvalue weighted by Crippen LogP contribution is 2.46. The zero-order chi connectivity index (χ0) is 23.3. The molecule has 33 heavy (non-hydrogen) atoms. The van der Waals surface area contributed by atoms with Crippen LogP contribution in [-0.2, 0) is 16.8 Å². The molecule has 0 fully saturated rings. The second kappa shape index (κ2) is 8.01. The number of aliphatic hydroxyl groups excluding tert-OH is 1. The number of carbonyl (C=O) groups is 1. The van der Waals surface area contributed by atoms with Gasteiger partial charge in [-0.3, -0.25) is 4.79 Å². The van der Waals surface area contributed by atoms with Crippen molar-refractivity contribution in [2.24, 2.45) is 0 Å². The minimum atomic E-state index is -0.426. The van der Waals surface area contributed by atoms with Crippen LogP contribution in [0.3, 0.4) is 0 Å². The zero-order valence-electron chi connectivity index (χ0n) is 17.7. The Morgan fingerprint density at radius 2 is 2.09 bits per heavy atom. The van der Waals surface area contributed by atoms with E-state index in [-0.39, 0.29) is 29.5 Å². The third-order valence-electron chi connectivity index (χ3n) is 5.69. The largest absolute Gasteiger partial charge is 0.394 e. The summed E-state index contributed by atoms with van der Waals surface area (Å²) in [7, 11) is 0. The van der Waals surface area contributed by atoms with Crippen LogP contribution in [0.5, 0.6) is 0 Å². The Labute approximate surface area is 197 Å². The van der Waals surface area contributed by atoms with Crippen LogP contribution in [0, 0.1) is 0 Å². The van der Waals surface area contributed by atoms with Crippen LogP contribution in [0.15, 0.2) is 24.5 Å². The number of nitrogens with one attached hydrogen (secondary N) is 1. The van der Waals surface area contributed by atoms with Gasteiger partial charge in [-0.25, -0.2) is 19.2 Å². The van der Waals surface area contributed by atoms with E-state index in [0.29, 0.717) is 34.4 Å². The normalized spacial score (nSPS) is 16.8. The summed E-state index contributed by atoms with van der Waals surface area (Å²) in [6.45, 7) is 4.21. The first-order chi connectivity index (χ1) is 15.8. The second-order valence-electron chi connectivity index (χ2n) is 8.43.